The summed E-state index contributed by atoms with van der Waals surface area (Å²) in [5, 5.41) is 0. The van der Waals surface area contributed by atoms with Gasteiger partial charge in [0.05, 0.1) is 7.11 Å². The molecule has 4 heteroatoms. The van der Waals surface area contributed by atoms with Crippen LogP contribution in [0.4, 0.5) is 5.69 Å². The van der Waals surface area contributed by atoms with Crippen molar-refractivity contribution in [2.75, 3.05) is 38.7 Å². The first-order valence-corrected chi connectivity index (χ1v) is 6.96. The van der Waals surface area contributed by atoms with Crippen molar-refractivity contribution in [2.45, 2.75) is 25.4 Å². The van der Waals surface area contributed by atoms with Crippen LogP contribution in [0, 0.1) is 0 Å². The Hall–Kier alpha value is -1.26. The summed E-state index contributed by atoms with van der Waals surface area (Å²) in [7, 11) is 3.90. The predicted octanol–water partition coefficient (Wildman–Crippen LogP) is 1.55. The zero-order chi connectivity index (χ0) is 13.8. The molecule has 1 aromatic rings. The quantitative estimate of drug-likeness (QED) is 0.895. The summed E-state index contributed by atoms with van der Waals surface area (Å²) >= 11 is 0. The molecule has 0 saturated carbocycles. The first-order valence-electron chi connectivity index (χ1n) is 6.96. The Morgan fingerprint density at radius 2 is 2.16 bits per heavy atom. The second-order valence-electron chi connectivity index (χ2n) is 5.37. The van der Waals surface area contributed by atoms with E-state index in [0.29, 0.717) is 12.1 Å². The van der Waals surface area contributed by atoms with Crippen molar-refractivity contribution in [2.24, 2.45) is 5.73 Å². The maximum Gasteiger partial charge on any atom is 0.120 e. The van der Waals surface area contributed by atoms with Crippen LogP contribution in [0.15, 0.2) is 24.3 Å². The predicted molar refractivity (Wildman–Crippen MR) is 79.9 cm³/mol. The standard InChI is InChI=1S/C15H25N3O/c1-12-10-18(14(7-8-16)11-17(12)2)13-5-4-6-15(9-13)19-3/h4-6,9,12,14H,7-8,10-11,16H2,1-3H3. The maximum absolute atomic E-state index is 5.77. The molecule has 1 fully saturated rings. The SMILES string of the molecule is COc1cccc(N2CC(C)N(C)CC2CCN)c1. The van der Waals surface area contributed by atoms with E-state index in [1.807, 2.05) is 6.07 Å². The minimum Gasteiger partial charge on any atom is -0.497 e. The fourth-order valence-electron chi connectivity index (χ4n) is 2.73. The molecule has 0 spiro atoms. The van der Waals surface area contributed by atoms with Crippen molar-refractivity contribution >= 4 is 5.69 Å². The minimum absolute atomic E-state index is 0.485. The summed E-state index contributed by atoms with van der Waals surface area (Å²) < 4.78 is 5.33. The molecule has 1 aliphatic rings. The smallest absolute Gasteiger partial charge is 0.120 e. The summed E-state index contributed by atoms with van der Waals surface area (Å²) in [6.45, 7) is 5.10. The monoisotopic (exact) mass is 263 g/mol. The molecule has 19 heavy (non-hydrogen) atoms. The molecule has 0 aliphatic carbocycles. The highest BCUT2D eigenvalue weighted by Crippen LogP contribution is 2.27. The van der Waals surface area contributed by atoms with Crippen molar-refractivity contribution in [1.29, 1.82) is 0 Å². The van der Waals surface area contributed by atoms with Crippen molar-refractivity contribution in [3.8, 4) is 5.75 Å². The van der Waals surface area contributed by atoms with Gasteiger partial charge in [0.15, 0.2) is 0 Å². The summed E-state index contributed by atoms with van der Waals surface area (Å²) in [6, 6.07) is 9.35. The van der Waals surface area contributed by atoms with Gasteiger partial charge in [-0.1, -0.05) is 6.07 Å². The van der Waals surface area contributed by atoms with Crippen molar-refractivity contribution in [3.63, 3.8) is 0 Å². The summed E-state index contributed by atoms with van der Waals surface area (Å²) in [6.07, 6.45) is 1.02. The van der Waals surface area contributed by atoms with Gasteiger partial charge in [-0.05, 0) is 39.1 Å². The lowest BCUT2D eigenvalue weighted by molar-refractivity contribution is 0.196. The van der Waals surface area contributed by atoms with E-state index in [9.17, 15) is 0 Å². The Morgan fingerprint density at radius 1 is 1.37 bits per heavy atom. The summed E-state index contributed by atoms with van der Waals surface area (Å²) in [5.74, 6) is 0.913. The highest BCUT2D eigenvalue weighted by atomic mass is 16.5. The molecule has 1 heterocycles. The van der Waals surface area contributed by atoms with E-state index in [1.165, 1.54) is 5.69 Å². The third kappa shape index (κ3) is 3.19. The first kappa shape index (κ1) is 14.2. The third-order valence-electron chi connectivity index (χ3n) is 4.04. The average Bonchev–Trinajstić information content (AvgIpc) is 2.43. The molecule has 4 nitrogen and oxygen atoms in total. The number of ether oxygens (including phenoxy) is 1. The lowest BCUT2D eigenvalue weighted by Gasteiger charge is -2.45. The second kappa shape index (κ2) is 6.26. The normalized spacial score (nSPS) is 24.5. The number of likely N-dealkylation sites (N-methyl/N-ethyl adjacent to an activating group) is 1. The molecule has 2 unspecified atom stereocenters. The highest BCUT2D eigenvalue weighted by molar-refractivity contribution is 5.52. The van der Waals surface area contributed by atoms with Gasteiger partial charge in [-0.15, -0.1) is 0 Å². The molecule has 0 radical (unpaired) electrons. The molecule has 2 atom stereocenters. The number of methoxy groups -OCH3 is 1. The second-order valence-corrected chi connectivity index (χ2v) is 5.37. The Balaban J connectivity index is 2.22. The van der Waals surface area contributed by atoms with E-state index in [1.54, 1.807) is 7.11 Å². The number of hydrogen-bond donors (Lipinski definition) is 1. The molecule has 106 valence electrons. The lowest BCUT2D eigenvalue weighted by Crippen LogP contribution is -2.56. The molecule has 1 saturated heterocycles. The van der Waals surface area contributed by atoms with E-state index in [2.05, 4.69) is 42.0 Å². The van der Waals surface area contributed by atoms with Crippen LogP contribution in [0.5, 0.6) is 5.75 Å². The van der Waals surface area contributed by atoms with E-state index >= 15 is 0 Å². The minimum atomic E-state index is 0.485. The summed E-state index contributed by atoms with van der Waals surface area (Å²) in [4.78, 5) is 4.89. The third-order valence-corrected chi connectivity index (χ3v) is 4.04. The summed E-state index contributed by atoms with van der Waals surface area (Å²) in [5.41, 5.74) is 7.00. The van der Waals surface area contributed by atoms with Gasteiger partial charge in [0.2, 0.25) is 0 Å². The van der Waals surface area contributed by atoms with E-state index in [4.69, 9.17) is 10.5 Å². The number of nitrogens with two attached hydrogens (primary N) is 1. The number of benzene rings is 1. The van der Waals surface area contributed by atoms with Crippen LogP contribution in [0.3, 0.4) is 0 Å². The zero-order valence-corrected chi connectivity index (χ0v) is 12.2. The van der Waals surface area contributed by atoms with Crippen LogP contribution in [0.1, 0.15) is 13.3 Å². The molecule has 1 aliphatic heterocycles. The zero-order valence-electron chi connectivity index (χ0n) is 12.2. The van der Waals surface area contributed by atoms with Crippen LogP contribution in [-0.4, -0.2) is 50.8 Å². The van der Waals surface area contributed by atoms with Gasteiger partial charge < -0.3 is 15.4 Å². The highest BCUT2D eigenvalue weighted by Gasteiger charge is 2.29. The largest absolute Gasteiger partial charge is 0.497 e. The van der Waals surface area contributed by atoms with Crippen molar-refractivity contribution in [1.82, 2.24) is 4.90 Å². The topological polar surface area (TPSA) is 41.7 Å². The Labute approximate surface area is 116 Å². The van der Waals surface area contributed by atoms with Gasteiger partial charge in [-0.25, -0.2) is 0 Å². The molecule has 1 aromatic carbocycles. The molecule has 2 N–H and O–H groups in total. The van der Waals surface area contributed by atoms with Gasteiger partial charge in [0.1, 0.15) is 5.75 Å². The number of piperazine rings is 1. The van der Waals surface area contributed by atoms with E-state index < -0.39 is 0 Å². The average molecular weight is 263 g/mol. The Kier molecular flexibility index (Phi) is 4.66. The molecule has 0 amide bonds. The van der Waals surface area contributed by atoms with Crippen molar-refractivity contribution < 1.29 is 4.74 Å². The van der Waals surface area contributed by atoms with Gasteiger partial charge in [0.25, 0.3) is 0 Å². The first-order chi connectivity index (χ1) is 9.15. The van der Waals surface area contributed by atoms with Gasteiger partial charge >= 0.3 is 0 Å². The van der Waals surface area contributed by atoms with E-state index in [0.717, 1.165) is 31.8 Å². The van der Waals surface area contributed by atoms with Crippen LogP contribution >= 0.6 is 0 Å². The molecular formula is C15H25N3O. The molecule has 0 aromatic heterocycles. The van der Waals surface area contributed by atoms with Crippen molar-refractivity contribution in [3.05, 3.63) is 24.3 Å². The molecule has 2 rings (SSSR count). The Bertz CT molecular complexity index is 410. The number of rotatable bonds is 4. The van der Waals surface area contributed by atoms with Crippen LogP contribution in [-0.2, 0) is 0 Å². The van der Waals surface area contributed by atoms with Gasteiger partial charge in [-0.3, -0.25) is 4.90 Å². The van der Waals surface area contributed by atoms with Gasteiger partial charge in [-0.2, -0.15) is 0 Å². The Morgan fingerprint density at radius 3 is 2.84 bits per heavy atom. The fraction of sp³-hybridized carbons (Fsp3) is 0.600. The fourth-order valence-corrected chi connectivity index (χ4v) is 2.73. The van der Waals surface area contributed by atoms with Crippen LogP contribution < -0.4 is 15.4 Å². The molecular weight excluding hydrogens is 238 g/mol. The molecule has 0 bridgehead atoms. The maximum atomic E-state index is 5.77. The van der Waals surface area contributed by atoms with Crippen LogP contribution in [0.2, 0.25) is 0 Å². The number of hydrogen-bond acceptors (Lipinski definition) is 4. The number of nitrogens with zero attached hydrogens (tertiary/aromatic N) is 2. The number of anilines is 1. The van der Waals surface area contributed by atoms with E-state index in [-0.39, 0.29) is 0 Å². The van der Waals surface area contributed by atoms with Gasteiger partial charge in [0, 0.05) is 36.9 Å². The van der Waals surface area contributed by atoms with Crippen LogP contribution in [0.25, 0.3) is 0 Å². The lowest BCUT2D eigenvalue weighted by atomic mass is 10.0.